The van der Waals surface area contributed by atoms with Crippen LogP contribution in [0.1, 0.15) is 18.5 Å². The molecule has 21 heavy (non-hydrogen) atoms. The number of aromatic nitrogens is 1. The Balaban J connectivity index is 2.13. The summed E-state index contributed by atoms with van der Waals surface area (Å²) in [6, 6.07) is 9.47. The van der Waals surface area contributed by atoms with Gasteiger partial charge in [0.05, 0.1) is 12.3 Å². The van der Waals surface area contributed by atoms with Gasteiger partial charge in [-0.25, -0.2) is 4.98 Å². The molecule has 0 aliphatic heterocycles. The summed E-state index contributed by atoms with van der Waals surface area (Å²) in [6.07, 6.45) is -5.07. The van der Waals surface area contributed by atoms with Gasteiger partial charge in [0, 0.05) is 18.4 Å². The summed E-state index contributed by atoms with van der Waals surface area (Å²) in [5.41, 5.74) is 0.794. The van der Waals surface area contributed by atoms with E-state index in [1.165, 1.54) is 0 Å². The van der Waals surface area contributed by atoms with Crippen molar-refractivity contribution < 1.29 is 17.9 Å². The molecule has 6 heteroatoms. The molecule has 0 fully saturated rings. The summed E-state index contributed by atoms with van der Waals surface area (Å²) in [5, 5.41) is 4.77. The van der Waals surface area contributed by atoms with Gasteiger partial charge in [0.2, 0.25) is 5.88 Å². The van der Waals surface area contributed by atoms with Crippen molar-refractivity contribution in [3.05, 3.63) is 36.0 Å². The highest BCUT2D eigenvalue weighted by molar-refractivity contribution is 5.87. The minimum Gasteiger partial charge on any atom is -0.477 e. The smallest absolute Gasteiger partial charge is 0.389 e. The predicted octanol–water partition coefficient (Wildman–Crippen LogP) is 3.68. The molecule has 1 N–H and O–H groups in total. The molecule has 0 bridgehead atoms. The summed E-state index contributed by atoms with van der Waals surface area (Å²) in [7, 11) is 1.81. The standard InChI is InChI=1S/C15H17F3N2O/c1-19-10-12-9-11-5-2-3-6-13(11)14(20-12)21-8-4-7-15(16,17)18/h2-3,5-6,9,19H,4,7-8,10H2,1H3. The minimum absolute atomic E-state index is 0.000485. The van der Waals surface area contributed by atoms with E-state index >= 15 is 0 Å². The SMILES string of the molecule is CNCc1cc2ccccc2c(OCCCC(F)(F)F)n1. The van der Waals surface area contributed by atoms with E-state index in [1.54, 1.807) is 7.05 Å². The maximum atomic E-state index is 12.1. The Morgan fingerprint density at radius 1 is 1.24 bits per heavy atom. The van der Waals surface area contributed by atoms with Gasteiger partial charge in [0.25, 0.3) is 0 Å². The number of ether oxygens (including phenoxy) is 1. The summed E-state index contributed by atoms with van der Waals surface area (Å²) in [6.45, 7) is 0.573. The number of alkyl halides is 3. The van der Waals surface area contributed by atoms with Crippen LogP contribution in [0.15, 0.2) is 30.3 Å². The Morgan fingerprint density at radius 3 is 2.71 bits per heavy atom. The van der Waals surface area contributed by atoms with Gasteiger partial charge in [0.1, 0.15) is 0 Å². The van der Waals surface area contributed by atoms with Crippen molar-refractivity contribution in [2.45, 2.75) is 25.6 Å². The third-order valence-electron chi connectivity index (χ3n) is 2.96. The fraction of sp³-hybridized carbons (Fsp3) is 0.400. The van der Waals surface area contributed by atoms with Crippen molar-refractivity contribution in [1.82, 2.24) is 10.3 Å². The maximum absolute atomic E-state index is 12.1. The molecule has 1 aromatic carbocycles. The third kappa shape index (κ3) is 4.60. The maximum Gasteiger partial charge on any atom is 0.389 e. The zero-order valence-corrected chi connectivity index (χ0v) is 11.7. The average Bonchev–Trinajstić information content (AvgIpc) is 2.43. The van der Waals surface area contributed by atoms with E-state index in [2.05, 4.69) is 10.3 Å². The summed E-state index contributed by atoms with van der Waals surface area (Å²) in [5.74, 6) is 0.389. The number of hydrogen-bond acceptors (Lipinski definition) is 3. The van der Waals surface area contributed by atoms with Crippen LogP contribution in [0.25, 0.3) is 10.8 Å². The first-order valence-electron chi connectivity index (χ1n) is 6.72. The van der Waals surface area contributed by atoms with Gasteiger partial charge in [0.15, 0.2) is 0 Å². The number of fused-ring (bicyclic) bond motifs is 1. The Bertz CT molecular complexity index is 599. The van der Waals surface area contributed by atoms with Gasteiger partial charge in [-0.3, -0.25) is 0 Å². The van der Waals surface area contributed by atoms with Gasteiger partial charge in [-0.1, -0.05) is 18.2 Å². The molecule has 2 aromatic rings. The van der Waals surface area contributed by atoms with Crippen LogP contribution < -0.4 is 10.1 Å². The number of benzene rings is 1. The van der Waals surface area contributed by atoms with Crippen molar-refractivity contribution in [2.75, 3.05) is 13.7 Å². The highest BCUT2D eigenvalue weighted by Crippen LogP contribution is 2.26. The first kappa shape index (κ1) is 15.6. The molecule has 3 nitrogen and oxygen atoms in total. The Hall–Kier alpha value is -1.82. The lowest BCUT2D eigenvalue weighted by Crippen LogP contribution is -2.11. The molecular formula is C15H17F3N2O. The highest BCUT2D eigenvalue weighted by atomic mass is 19.4. The van der Waals surface area contributed by atoms with Crippen molar-refractivity contribution >= 4 is 10.8 Å². The minimum atomic E-state index is -4.15. The molecule has 0 saturated heterocycles. The van der Waals surface area contributed by atoms with Crippen molar-refractivity contribution in [3.63, 3.8) is 0 Å². The fourth-order valence-corrected chi connectivity index (χ4v) is 2.04. The molecule has 0 unspecified atom stereocenters. The van der Waals surface area contributed by atoms with E-state index < -0.39 is 12.6 Å². The Kier molecular flexibility index (Phi) is 5.01. The lowest BCUT2D eigenvalue weighted by atomic mass is 10.1. The molecule has 2 rings (SSSR count). The third-order valence-corrected chi connectivity index (χ3v) is 2.96. The van der Waals surface area contributed by atoms with Crippen molar-refractivity contribution in [3.8, 4) is 5.88 Å². The van der Waals surface area contributed by atoms with E-state index in [9.17, 15) is 13.2 Å². The van der Waals surface area contributed by atoms with Crippen LogP contribution in [0.2, 0.25) is 0 Å². The van der Waals surface area contributed by atoms with Gasteiger partial charge in [-0.15, -0.1) is 0 Å². The van der Waals surface area contributed by atoms with Crippen molar-refractivity contribution in [1.29, 1.82) is 0 Å². The molecule has 0 amide bonds. The first-order chi connectivity index (χ1) is 9.99. The summed E-state index contributed by atoms with van der Waals surface area (Å²) >= 11 is 0. The molecule has 0 aliphatic rings. The zero-order chi connectivity index (χ0) is 15.3. The number of hydrogen-bond donors (Lipinski definition) is 1. The van der Waals surface area contributed by atoms with Gasteiger partial charge in [-0.2, -0.15) is 13.2 Å². The monoisotopic (exact) mass is 298 g/mol. The molecule has 0 atom stereocenters. The topological polar surface area (TPSA) is 34.1 Å². The number of nitrogens with zero attached hydrogens (tertiary/aromatic N) is 1. The number of pyridine rings is 1. The summed E-state index contributed by atoms with van der Waals surface area (Å²) in [4.78, 5) is 4.36. The first-order valence-corrected chi connectivity index (χ1v) is 6.72. The van der Waals surface area contributed by atoms with Crippen LogP contribution in [0.4, 0.5) is 13.2 Å². The second-order valence-corrected chi connectivity index (χ2v) is 4.74. The lowest BCUT2D eigenvalue weighted by Gasteiger charge is -2.11. The van der Waals surface area contributed by atoms with E-state index in [-0.39, 0.29) is 13.0 Å². The Labute approximate surface area is 121 Å². The molecule has 1 aromatic heterocycles. The van der Waals surface area contributed by atoms with Crippen molar-refractivity contribution in [2.24, 2.45) is 0 Å². The summed E-state index contributed by atoms with van der Waals surface area (Å²) < 4.78 is 41.8. The molecule has 0 aliphatic carbocycles. The van der Waals surface area contributed by atoms with Crippen LogP contribution in [0, 0.1) is 0 Å². The van der Waals surface area contributed by atoms with Crippen LogP contribution in [0.3, 0.4) is 0 Å². The quantitative estimate of drug-likeness (QED) is 0.826. The van der Waals surface area contributed by atoms with Gasteiger partial charge in [-0.05, 0) is 31.0 Å². The fourth-order valence-electron chi connectivity index (χ4n) is 2.04. The highest BCUT2D eigenvalue weighted by Gasteiger charge is 2.26. The Morgan fingerprint density at radius 2 is 2.00 bits per heavy atom. The normalized spacial score (nSPS) is 11.8. The van der Waals surface area contributed by atoms with E-state index in [4.69, 9.17) is 4.74 Å². The van der Waals surface area contributed by atoms with Gasteiger partial charge >= 0.3 is 6.18 Å². The van der Waals surface area contributed by atoms with Crippen LogP contribution in [-0.2, 0) is 6.54 Å². The molecule has 0 spiro atoms. The molecule has 0 saturated carbocycles. The number of rotatable bonds is 6. The lowest BCUT2D eigenvalue weighted by molar-refractivity contribution is -0.136. The van der Waals surface area contributed by atoms with E-state index in [0.717, 1.165) is 16.5 Å². The van der Waals surface area contributed by atoms with E-state index in [0.29, 0.717) is 12.4 Å². The van der Waals surface area contributed by atoms with Crippen LogP contribution in [0.5, 0.6) is 5.88 Å². The zero-order valence-electron chi connectivity index (χ0n) is 11.7. The van der Waals surface area contributed by atoms with Gasteiger partial charge < -0.3 is 10.1 Å². The largest absolute Gasteiger partial charge is 0.477 e. The molecule has 0 radical (unpaired) electrons. The van der Waals surface area contributed by atoms with E-state index in [1.807, 2.05) is 30.3 Å². The van der Waals surface area contributed by atoms with Crippen LogP contribution >= 0.6 is 0 Å². The number of halogens is 3. The number of nitrogens with one attached hydrogen (secondary N) is 1. The molecule has 114 valence electrons. The van der Waals surface area contributed by atoms with Crippen LogP contribution in [-0.4, -0.2) is 24.8 Å². The molecule has 1 heterocycles. The predicted molar refractivity (Wildman–Crippen MR) is 75.3 cm³/mol. The average molecular weight is 298 g/mol. The second-order valence-electron chi connectivity index (χ2n) is 4.74. The molecular weight excluding hydrogens is 281 g/mol. The second kappa shape index (κ2) is 6.76.